The maximum Gasteiger partial charge on any atom is 0.141 e. The van der Waals surface area contributed by atoms with Gasteiger partial charge in [0.15, 0.2) is 0 Å². The van der Waals surface area contributed by atoms with Crippen LogP contribution in [0.4, 0.5) is 0 Å². The fourth-order valence-electron chi connectivity index (χ4n) is 2.97. The largest absolute Gasteiger partial charge is 0.380 e. The third-order valence-corrected chi connectivity index (χ3v) is 4.26. The van der Waals surface area contributed by atoms with Crippen LogP contribution in [0.15, 0.2) is 30.6 Å². The third kappa shape index (κ3) is 3.31. The topological polar surface area (TPSA) is 54.0 Å². The number of aromatic amines is 1. The van der Waals surface area contributed by atoms with E-state index in [1.807, 2.05) is 0 Å². The molecule has 0 radical (unpaired) electrons. The summed E-state index contributed by atoms with van der Waals surface area (Å²) in [6.45, 7) is 4.08. The fourth-order valence-corrected chi connectivity index (χ4v) is 2.97. The van der Waals surface area contributed by atoms with Gasteiger partial charge in [-0.3, -0.25) is 10.00 Å². The highest BCUT2D eigenvalue weighted by atomic mass is 16.5. The summed E-state index contributed by atoms with van der Waals surface area (Å²) in [7, 11) is 1.78. The number of hydrogen-bond donors (Lipinski definition) is 1. The summed E-state index contributed by atoms with van der Waals surface area (Å²) in [5.74, 6) is 0.943. The molecule has 5 nitrogen and oxygen atoms in total. The van der Waals surface area contributed by atoms with Gasteiger partial charge in [0.25, 0.3) is 0 Å². The van der Waals surface area contributed by atoms with E-state index in [2.05, 4.69) is 51.3 Å². The zero-order valence-corrected chi connectivity index (χ0v) is 12.6. The Hall–Kier alpha value is -1.72. The average Bonchev–Trinajstić information content (AvgIpc) is 3.15. The van der Waals surface area contributed by atoms with Crippen molar-refractivity contribution in [2.24, 2.45) is 0 Å². The van der Waals surface area contributed by atoms with Gasteiger partial charge < -0.3 is 4.74 Å². The minimum Gasteiger partial charge on any atom is -0.380 e. The number of aryl methyl sites for hydroxylation is 1. The van der Waals surface area contributed by atoms with Gasteiger partial charge >= 0.3 is 0 Å². The quantitative estimate of drug-likeness (QED) is 0.914. The van der Waals surface area contributed by atoms with Crippen LogP contribution in [0.2, 0.25) is 0 Å². The molecular weight excluding hydrogens is 264 g/mol. The number of hydrogen-bond acceptors (Lipinski definition) is 4. The van der Waals surface area contributed by atoms with Crippen LogP contribution in [0.1, 0.15) is 29.4 Å². The Morgan fingerprint density at radius 1 is 1.33 bits per heavy atom. The van der Waals surface area contributed by atoms with Crippen LogP contribution in [0.3, 0.4) is 0 Å². The van der Waals surface area contributed by atoms with E-state index in [0.29, 0.717) is 0 Å². The molecule has 2 aromatic rings. The van der Waals surface area contributed by atoms with E-state index in [-0.39, 0.29) is 12.1 Å². The van der Waals surface area contributed by atoms with Gasteiger partial charge in [0.1, 0.15) is 12.2 Å². The lowest BCUT2D eigenvalue weighted by Gasteiger charge is -2.22. The molecule has 1 aliphatic heterocycles. The summed E-state index contributed by atoms with van der Waals surface area (Å²) in [5.41, 5.74) is 2.68. The molecule has 0 amide bonds. The molecule has 0 unspecified atom stereocenters. The number of aromatic nitrogens is 3. The first kappa shape index (κ1) is 14.2. The highest BCUT2D eigenvalue weighted by molar-refractivity contribution is 5.21. The number of ether oxygens (including phenoxy) is 1. The van der Waals surface area contributed by atoms with E-state index in [0.717, 1.165) is 31.8 Å². The summed E-state index contributed by atoms with van der Waals surface area (Å²) in [5, 5.41) is 6.98. The fraction of sp³-hybridized carbons (Fsp3) is 0.500. The minimum atomic E-state index is 0.276. The van der Waals surface area contributed by atoms with Crippen molar-refractivity contribution in [2.75, 3.05) is 20.2 Å². The highest BCUT2D eigenvalue weighted by Crippen LogP contribution is 2.31. The Kier molecular flexibility index (Phi) is 4.31. The molecule has 2 atom stereocenters. The maximum absolute atomic E-state index is 5.53. The number of nitrogens with one attached hydrogen (secondary N) is 1. The molecular formula is C16H22N4O. The van der Waals surface area contributed by atoms with Crippen LogP contribution in [0, 0.1) is 6.92 Å². The van der Waals surface area contributed by atoms with Gasteiger partial charge in [0.05, 0.1) is 12.1 Å². The molecule has 1 aliphatic rings. The summed E-state index contributed by atoms with van der Waals surface area (Å²) in [6, 6.07) is 9.05. The molecule has 0 aliphatic carbocycles. The monoisotopic (exact) mass is 286 g/mol. The lowest BCUT2D eigenvalue weighted by molar-refractivity contribution is 0.108. The summed E-state index contributed by atoms with van der Waals surface area (Å²) >= 11 is 0. The Labute approximate surface area is 125 Å². The van der Waals surface area contributed by atoms with Gasteiger partial charge in [-0.25, -0.2) is 4.98 Å². The molecule has 21 heavy (non-hydrogen) atoms. The van der Waals surface area contributed by atoms with E-state index >= 15 is 0 Å². The highest BCUT2D eigenvalue weighted by Gasteiger charge is 2.34. The van der Waals surface area contributed by atoms with Crippen LogP contribution >= 0.6 is 0 Å². The number of methoxy groups -OCH3 is 1. The van der Waals surface area contributed by atoms with Gasteiger partial charge in [-0.05, 0) is 25.3 Å². The first-order valence-electron chi connectivity index (χ1n) is 7.44. The molecule has 1 aromatic carbocycles. The molecule has 0 bridgehead atoms. The molecule has 3 rings (SSSR count). The molecule has 2 heterocycles. The van der Waals surface area contributed by atoms with E-state index < -0.39 is 0 Å². The van der Waals surface area contributed by atoms with Gasteiger partial charge in [0, 0.05) is 20.2 Å². The van der Waals surface area contributed by atoms with Crippen molar-refractivity contribution >= 4 is 0 Å². The van der Waals surface area contributed by atoms with Crippen LogP contribution in [-0.4, -0.2) is 46.4 Å². The zero-order chi connectivity index (χ0) is 14.7. The van der Waals surface area contributed by atoms with Crippen molar-refractivity contribution in [1.29, 1.82) is 0 Å². The molecule has 0 saturated carbocycles. The summed E-state index contributed by atoms with van der Waals surface area (Å²) in [4.78, 5) is 6.76. The van der Waals surface area contributed by atoms with Crippen molar-refractivity contribution < 1.29 is 4.74 Å². The lowest BCUT2D eigenvalue weighted by atomic mass is 10.1. The van der Waals surface area contributed by atoms with Crippen LogP contribution in [-0.2, 0) is 11.2 Å². The van der Waals surface area contributed by atoms with Crippen molar-refractivity contribution in [2.45, 2.75) is 31.9 Å². The number of H-pyrrole nitrogens is 1. The Balaban J connectivity index is 1.66. The Morgan fingerprint density at radius 2 is 2.14 bits per heavy atom. The molecule has 112 valence electrons. The Morgan fingerprint density at radius 3 is 2.81 bits per heavy atom. The smallest absolute Gasteiger partial charge is 0.141 e. The van der Waals surface area contributed by atoms with Crippen molar-refractivity contribution in [3.63, 3.8) is 0 Å². The molecule has 1 aromatic heterocycles. The van der Waals surface area contributed by atoms with Crippen molar-refractivity contribution in [3.8, 4) is 0 Å². The molecule has 1 fully saturated rings. The SMILES string of the molecule is CO[C@@H]1C[C@@H](c2ncn[nH]2)N(CCc2ccc(C)cc2)C1. The standard InChI is InChI=1S/C16H22N4O/c1-12-3-5-13(6-4-12)7-8-20-10-14(21-2)9-15(20)16-17-11-18-19-16/h3-6,11,14-15H,7-10H2,1-2H3,(H,17,18,19)/t14-,15+/m1/s1. The number of nitrogens with zero attached hydrogens (tertiary/aromatic N) is 3. The van der Waals surface area contributed by atoms with E-state index in [1.165, 1.54) is 11.1 Å². The van der Waals surface area contributed by atoms with Crippen LogP contribution < -0.4 is 0 Å². The summed E-state index contributed by atoms with van der Waals surface area (Å²) in [6.07, 6.45) is 3.87. The van der Waals surface area contributed by atoms with Crippen LogP contribution in [0.5, 0.6) is 0 Å². The zero-order valence-electron chi connectivity index (χ0n) is 12.6. The number of benzene rings is 1. The molecule has 5 heteroatoms. The second-order valence-corrected chi connectivity index (χ2v) is 5.71. The van der Waals surface area contributed by atoms with Gasteiger partial charge in [-0.1, -0.05) is 29.8 Å². The van der Waals surface area contributed by atoms with Crippen LogP contribution in [0.25, 0.3) is 0 Å². The lowest BCUT2D eigenvalue weighted by Crippen LogP contribution is -2.28. The predicted molar refractivity (Wildman–Crippen MR) is 81.0 cm³/mol. The van der Waals surface area contributed by atoms with E-state index in [9.17, 15) is 0 Å². The predicted octanol–water partition coefficient (Wildman–Crippen LogP) is 2.12. The van der Waals surface area contributed by atoms with Crippen molar-refractivity contribution in [3.05, 3.63) is 47.5 Å². The summed E-state index contributed by atoms with van der Waals surface area (Å²) < 4.78 is 5.53. The van der Waals surface area contributed by atoms with Gasteiger partial charge in [-0.2, -0.15) is 5.10 Å². The minimum absolute atomic E-state index is 0.276. The van der Waals surface area contributed by atoms with Gasteiger partial charge in [0.2, 0.25) is 0 Å². The second-order valence-electron chi connectivity index (χ2n) is 5.71. The molecule has 1 N–H and O–H groups in total. The Bertz CT molecular complexity index is 552. The maximum atomic E-state index is 5.53. The van der Waals surface area contributed by atoms with Crippen molar-refractivity contribution in [1.82, 2.24) is 20.1 Å². The van der Waals surface area contributed by atoms with Gasteiger partial charge in [-0.15, -0.1) is 0 Å². The van der Waals surface area contributed by atoms with E-state index in [1.54, 1.807) is 13.4 Å². The second kappa shape index (κ2) is 6.37. The number of likely N-dealkylation sites (tertiary alicyclic amines) is 1. The first-order valence-corrected chi connectivity index (χ1v) is 7.44. The number of rotatable bonds is 5. The average molecular weight is 286 g/mol. The first-order chi connectivity index (χ1) is 10.3. The third-order valence-electron chi connectivity index (χ3n) is 4.26. The molecule has 1 saturated heterocycles. The molecule has 0 spiro atoms. The van der Waals surface area contributed by atoms with E-state index in [4.69, 9.17) is 4.74 Å². The normalized spacial score (nSPS) is 22.8.